The van der Waals surface area contributed by atoms with Crippen molar-refractivity contribution in [1.82, 2.24) is 0 Å². The maximum Gasteiger partial charge on any atom is 0.125 e. The molecule has 2 nitrogen and oxygen atoms in total. The van der Waals surface area contributed by atoms with Gasteiger partial charge in [-0.15, -0.1) is 0 Å². The number of benzene rings is 2. The number of aliphatic hydroxyl groups excluding tert-OH is 1. The summed E-state index contributed by atoms with van der Waals surface area (Å²) in [6, 6.07) is 13.4. The van der Waals surface area contributed by atoms with E-state index in [1.165, 1.54) is 0 Å². The molecular formula is C15H15BrO2. The molecule has 0 aliphatic heterocycles. The van der Waals surface area contributed by atoms with E-state index in [0.717, 1.165) is 21.2 Å². The van der Waals surface area contributed by atoms with Gasteiger partial charge in [-0.05, 0) is 36.2 Å². The molecule has 0 spiro atoms. The third-order valence-corrected chi connectivity index (χ3v) is 3.27. The van der Waals surface area contributed by atoms with Crippen LogP contribution in [0.25, 0.3) is 0 Å². The molecule has 0 saturated carbocycles. The van der Waals surface area contributed by atoms with Gasteiger partial charge in [-0.25, -0.2) is 0 Å². The lowest BCUT2D eigenvalue weighted by molar-refractivity contribution is 0.214. The normalized spacial score (nSPS) is 12.2. The Balaban J connectivity index is 2.44. The Morgan fingerprint density at radius 2 is 1.89 bits per heavy atom. The molecule has 0 aromatic heterocycles. The number of hydrogen-bond acceptors (Lipinski definition) is 2. The first kappa shape index (κ1) is 13.1. The predicted octanol–water partition coefficient (Wildman–Crippen LogP) is 3.85. The SMILES string of the molecule is COc1ccccc1C(O)c1cc(C)cc(Br)c1. The van der Waals surface area contributed by atoms with E-state index in [-0.39, 0.29) is 0 Å². The van der Waals surface area contributed by atoms with Crippen LogP contribution in [0.5, 0.6) is 5.75 Å². The van der Waals surface area contributed by atoms with Crippen molar-refractivity contribution in [3.05, 3.63) is 63.6 Å². The van der Waals surface area contributed by atoms with Crippen molar-refractivity contribution in [3.63, 3.8) is 0 Å². The van der Waals surface area contributed by atoms with E-state index in [1.54, 1.807) is 7.11 Å². The smallest absolute Gasteiger partial charge is 0.125 e. The van der Waals surface area contributed by atoms with Gasteiger partial charge >= 0.3 is 0 Å². The molecule has 0 radical (unpaired) electrons. The molecule has 1 N–H and O–H groups in total. The summed E-state index contributed by atoms with van der Waals surface area (Å²) in [6.45, 7) is 2.00. The maximum atomic E-state index is 10.5. The number of methoxy groups -OCH3 is 1. The summed E-state index contributed by atoms with van der Waals surface area (Å²) in [5.74, 6) is 0.697. The van der Waals surface area contributed by atoms with Crippen LogP contribution in [0.3, 0.4) is 0 Å². The molecule has 0 heterocycles. The average Bonchev–Trinajstić information content (AvgIpc) is 2.36. The molecular weight excluding hydrogens is 292 g/mol. The second kappa shape index (κ2) is 5.55. The summed E-state index contributed by atoms with van der Waals surface area (Å²) in [5, 5.41) is 10.5. The molecule has 3 heteroatoms. The minimum absolute atomic E-state index is 0.683. The topological polar surface area (TPSA) is 29.5 Å². The van der Waals surface area contributed by atoms with Gasteiger partial charge in [-0.3, -0.25) is 0 Å². The standard InChI is InChI=1S/C15H15BrO2/c1-10-7-11(9-12(16)8-10)15(17)13-5-3-4-6-14(13)18-2/h3-9,15,17H,1-2H3. The van der Waals surface area contributed by atoms with E-state index >= 15 is 0 Å². The molecule has 94 valence electrons. The van der Waals surface area contributed by atoms with Crippen molar-refractivity contribution < 1.29 is 9.84 Å². The van der Waals surface area contributed by atoms with Crippen LogP contribution in [0.4, 0.5) is 0 Å². The average molecular weight is 307 g/mol. The quantitative estimate of drug-likeness (QED) is 0.933. The Bertz CT molecular complexity index is 532. The summed E-state index contributed by atoms with van der Waals surface area (Å²) in [6.07, 6.45) is -0.683. The minimum atomic E-state index is -0.683. The van der Waals surface area contributed by atoms with Gasteiger partial charge in [-0.2, -0.15) is 0 Å². The first-order valence-corrected chi connectivity index (χ1v) is 6.49. The fraction of sp³-hybridized carbons (Fsp3) is 0.200. The van der Waals surface area contributed by atoms with Crippen LogP contribution >= 0.6 is 15.9 Å². The van der Waals surface area contributed by atoms with Gasteiger partial charge < -0.3 is 9.84 Å². The van der Waals surface area contributed by atoms with Crippen LogP contribution in [0, 0.1) is 6.92 Å². The van der Waals surface area contributed by atoms with Gasteiger partial charge in [-0.1, -0.05) is 40.2 Å². The Hall–Kier alpha value is -1.32. The Morgan fingerprint density at radius 3 is 2.56 bits per heavy atom. The van der Waals surface area contributed by atoms with E-state index in [0.29, 0.717) is 5.75 Å². The van der Waals surface area contributed by atoms with E-state index in [1.807, 2.05) is 49.4 Å². The number of aliphatic hydroxyl groups is 1. The first-order valence-electron chi connectivity index (χ1n) is 5.70. The predicted molar refractivity (Wildman–Crippen MR) is 75.9 cm³/mol. The third kappa shape index (κ3) is 2.74. The highest BCUT2D eigenvalue weighted by Gasteiger charge is 2.15. The van der Waals surface area contributed by atoms with E-state index in [9.17, 15) is 5.11 Å². The lowest BCUT2D eigenvalue weighted by Crippen LogP contribution is -2.02. The number of aryl methyl sites for hydroxylation is 1. The van der Waals surface area contributed by atoms with Crippen LogP contribution in [0.1, 0.15) is 22.8 Å². The van der Waals surface area contributed by atoms with Gasteiger partial charge in [0.05, 0.1) is 7.11 Å². The Morgan fingerprint density at radius 1 is 1.17 bits per heavy atom. The van der Waals surface area contributed by atoms with Gasteiger partial charge in [0.1, 0.15) is 11.9 Å². The molecule has 2 aromatic rings. The van der Waals surface area contributed by atoms with Gasteiger partial charge in [0, 0.05) is 10.0 Å². The lowest BCUT2D eigenvalue weighted by Gasteiger charge is -2.16. The van der Waals surface area contributed by atoms with Crippen molar-refractivity contribution >= 4 is 15.9 Å². The fourth-order valence-corrected chi connectivity index (χ4v) is 2.62. The highest BCUT2D eigenvalue weighted by Crippen LogP contribution is 2.31. The lowest BCUT2D eigenvalue weighted by atomic mass is 9.99. The van der Waals surface area contributed by atoms with Crippen molar-refractivity contribution in [2.75, 3.05) is 7.11 Å². The molecule has 0 aliphatic carbocycles. The molecule has 1 unspecified atom stereocenters. The fourth-order valence-electron chi connectivity index (χ4n) is 1.99. The monoisotopic (exact) mass is 306 g/mol. The summed E-state index contributed by atoms with van der Waals surface area (Å²) >= 11 is 3.45. The van der Waals surface area contributed by atoms with Crippen molar-refractivity contribution in [2.24, 2.45) is 0 Å². The Labute approximate surface area is 115 Å². The van der Waals surface area contributed by atoms with Crippen LogP contribution in [-0.4, -0.2) is 12.2 Å². The molecule has 18 heavy (non-hydrogen) atoms. The summed E-state index contributed by atoms with van der Waals surface area (Å²) in [5.41, 5.74) is 2.73. The van der Waals surface area contributed by atoms with E-state index < -0.39 is 6.10 Å². The number of para-hydroxylation sites is 1. The summed E-state index contributed by atoms with van der Waals surface area (Å²) in [7, 11) is 1.61. The number of halogens is 1. The molecule has 2 rings (SSSR count). The van der Waals surface area contributed by atoms with Gasteiger partial charge in [0.2, 0.25) is 0 Å². The molecule has 1 atom stereocenters. The molecule has 0 amide bonds. The molecule has 0 fully saturated rings. The van der Waals surface area contributed by atoms with E-state index in [2.05, 4.69) is 15.9 Å². The molecule has 2 aromatic carbocycles. The number of hydrogen-bond donors (Lipinski definition) is 1. The molecule has 0 aliphatic rings. The van der Waals surface area contributed by atoms with Gasteiger partial charge in [0.15, 0.2) is 0 Å². The highest BCUT2D eigenvalue weighted by atomic mass is 79.9. The number of ether oxygens (including phenoxy) is 1. The minimum Gasteiger partial charge on any atom is -0.496 e. The first-order chi connectivity index (χ1) is 8.61. The van der Waals surface area contributed by atoms with Crippen LogP contribution < -0.4 is 4.74 Å². The zero-order valence-electron chi connectivity index (χ0n) is 10.4. The van der Waals surface area contributed by atoms with Crippen molar-refractivity contribution in [3.8, 4) is 5.75 Å². The molecule has 0 saturated heterocycles. The highest BCUT2D eigenvalue weighted by molar-refractivity contribution is 9.10. The van der Waals surface area contributed by atoms with Crippen LogP contribution in [-0.2, 0) is 0 Å². The van der Waals surface area contributed by atoms with E-state index in [4.69, 9.17) is 4.74 Å². The van der Waals surface area contributed by atoms with Crippen molar-refractivity contribution in [1.29, 1.82) is 0 Å². The zero-order valence-corrected chi connectivity index (χ0v) is 11.9. The van der Waals surface area contributed by atoms with Gasteiger partial charge in [0.25, 0.3) is 0 Å². The molecule has 0 bridgehead atoms. The van der Waals surface area contributed by atoms with Crippen LogP contribution in [0.2, 0.25) is 0 Å². The number of rotatable bonds is 3. The summed E-state index contributed by atoms with van der Waals surface area (Å²) < 4.78 is 6.24. The van der Waals surface area contributed by atoms with Crippen LogP contribution in [0.15, 0.2) is 46.9 Å². The maximum absolute atomic E-state index is 10.5. The zero-order chi connectivity index (χ0) is 13.1. The van der Waals surface area contributed by atoms with Crippen molar-refractivity contribution in [2.45, 2.75) is 13.0 Å². The Kier molecular flexibility index (Phi) is 4.04. The largest absolute Gasteiger partial charge is 0.496 e. The third-order valence-electron chi connectivity index (χ3n) is 2.81. The summed E-state index contributed by atoms with van der Waals surface area (Å²) in [4.78, 5) is 0. The second-order valence-corrected chi connectivity index (χ2v) is 5.12. The second-order valence-electron chi connectivity index (χ2n) is 4.21.